The zero-order valence-corrected chi connectivity index (χ0v) is 11.4. The molecule has 0 unspecified atom stereocenters. The highest BCUT2D eigenvalue weighted by Crippen LogP contribution is 2.32. The smallest absolute Gasteiger partial charge is 0.313 e. The van der Waals surface area contributed by atoms with Gasteiger partial charge in [-0.3, -0.25) is 4.79 Å². The molecule has 0 saturated carbocycles. The lowest BCUT2D eigenvalue weighted by atomic mass is 9.83. The van der Waals surface area contributed by atoms with Gasteiger partial charge in [0.1, 0.15) is 5.75 Å². The summed E-state index contributed by atoms with van der Waals surface area (Å²) in [5, 5.41) is 22.0. The summed E-state index contributed by atoms with van der Waals surface area (Å²) < 4.78 is 0. The normalized spacial score (nSPS) is 11.1. The molecule has 0 spiro atoms. The molecule has 0 amide bonds. The number of anilines is 2. The summed E-state index contributed by atoms with van der Waals surface area (Å²) in [6.07, 6.45) is 0. The quantitative estimate of drug-likeness (QED) is 0.796. The van der Waals surface area contributed by atoms with E-state index in [0.717, 1.165) is 0 Å². The minimum absolute atomic E-state index is 0.157. The first-order valence-corrected chi connectivity index (χ1v) is 6.30. The molecule has 104 valence electrons. The summed E-state index contributed by atoms with van der Waals surface area (Å²) in [4.78, 5) is 11.4. The second kappa shape index (κ2) is 5.25. The molecule has 0 fully saturated rings. The van der Waals surface area contributed by atoms with Crippen molar-refractivity contribution in [3.8, 4) is 5.75 Å². The number of hydrogen-bond donors (Lipinski definition) is 3. The van der Waals surface area contributed by atoms with Gasteiger partial charge in [0, 0.05) is 17.4 Å². The molecule has 0 aliphatic heterocycles. The van der Waals surface area contributed by atoms with Gasteiger partial charge < -0.3 is 15.5 Å². The van der Waals surface area contributed by atoms with Gasteiger partial charge in [0.25, 0.3) is 0 Å². The number of hydrogen-bond acceptors (Lipinski definition) is 3. The van der Waals surface area contributed by atoms with Gasteiger partial charge in [-0.05, 0) is 37.6 Å². The predicted molar refractivity (Wildman–Crippen MR) is 78.5 cm³/mol. The number of benzene rings is 2. The third-order valence-corrected chi connectivity index (χ3v) is 3.26. The minimum Gasteiger partial charge on any atom is -0.508 e. The molecule has 2 rings (SSSR count). The lowest BCUT2D eigenvalue weighted by Crippen LogP contribution is -2.29. The predicted octanol–water partition coefficient (Wildman–Crippen LogP) is 3.50. The number of phenolic OH excluding ortho intramolecular Hbond substituents is 1. The number of carboxylic acids is 1. The topological polar surface area (TPSA) is 69.6 Å². The monoisotopic (exact) mass is 271 g/mol. The number of aromatic hydroxyl groups is 1. The van der Waals surface area contributed by atoms with Crippen LogP contribution >= 0.6 is 0 Å². The molecule has 0 atom stereocenters. The van der Waals surface area contributed by atoms with Crippen molar-refractivity contribution >= 4 is 17.3 Å². The van der Waals surface area contributed by atoms with Gasteiger partial charge in [-0.2, -0.15) is 0 Å². The fourth-order valence-electron chi connectivity index (χ4n) is 1.99. The first-order valence-electron chi connectivity index (χ1n) is 6.30. The first kappa shape index (κ1) is 13.9. The second-order valence-corrected chi connectivity index (χ2v) is 5.15. The SMILES string of the molecule is CC(C)(C(=O)O)c1ccccc1Nc1cccc(O)c1. The highest BCUT2D eigenvalue weighted by atomic mass is 16.4. The van der Waals surface area contributed by atoms with Crippen LogP contribution in [0.2, 0.25) is 0 Å². The molecule has 0 heterocycles. The molecule has 3 N–H and O–H groups in total. The molecule has 2 aromatic carbocycles. The number of aliphatic carboxylic acids is 1. The number of para-hydroxylation sites is 1. The Morgan fingerprint density at radius 1 is 1.10 bits per heavy atom. The number of phenols is 1. The van der Waals surface area contributed by atoms with E-state index < -0.39 is 11.4 Å². The van der Waals surface area contributed by atoms with E-state index in [9.17, 15) is 15.0 Å². The molecule has 20 heavy (non-hydrogen) atoms. The van der Waals surface area contributed by atoms with E-state index in [1.54, 1.807) is 38.1 Å². The number of carbonyl (C=O) groups is 1. The molecule has 0 radical (unpaired) electrons. The molecule has 4 nitrogen and oxygen atoms in total. The number of rotatable bonds is 4. The fourth-order valence-corrected chi connectivity index (χ4v) is 1.99. The maximum Gasteiger partial charge on any atom is 0.313 e. The first-order chi connectivity index (χ1) is 9.41. The van der Waals surface area contributed by atoms with Crippen LogP contribution in [0.3, 0.4) is 0 Å². The summed E-state index contributed by atoms with van der Waals surface area (Å²) in [5.74, 6) is -0.729. The van der Waals surface area contributed by atoms with E-state index in [2.05, 4.69) is 5.32 Å². The van der Waals surface area contributed by atoms with Crippen LogP contribution in [0.25, 0.3) is 0 Å². The molecule has 0 aromatic heterocycles. The molecule has 0 bridgehead atoms. The molecule has 0 aliphatic rings. The molecule has 4 heteroatoms. The average molecular weight is 271 g/mol. The van der Waals surface area contributed by atoms with Gasteiger partial charge in [-0.1, -0.05) is 24.3 Å². The van der Waals surface area contributed by atoms with Crippen molar-refractivity contribution in [1.29, 1.82) is 0 Å². The fraction of sp³-hybridized carbons (Fsp3) is 0.188. The maximum absolute atomic E-state index is 11.4. The zero-order valence-electron chi connectivity index (χ0n) is 11.4. The van der Waals surface area contributed by atoms with E-state index >= 15 is 0 Å². The minimum atomic E-state index is -1.000. The largest absolute Gasteiger partial charge is 0.508 e. The van der Waals surface area contributed by atoms with E-state index in [-0.39, 0.29) is 5.75 Å². The van der Waals surface area contributed by atoms with Crippen molar-refractivity contribution < 1.29 is 15.0 Å². The maximum atomic E-state index is 11.4. The second-order valence-electron chi connectivity index (χ2n) is 5.15. The Labute approximate surface area is 117 Å². The Morgan fingerprint density at radius 2 is 1.80 bits per heavy atom. The van der Waals surface area contributed by atoms with Crippen LogP contribution in [0.15, 0.2) is 48.5 Å². The van der Waals surface area contributed by atoms with Crippen molar-refractivity contribution in [2.45, 2.75) is 19.3 Å². The Morgan fingerprint density at radius 3 is 2.45 bits per heavy atom. The van der Waals surface area contributed by atoms with Crippen molar-refractivity contribution in [2.24, 2.45) is 0 Å². The molecular formula is C16H17NO3. The van der Waals surface area contributed by atoms with Crippen molar-refractivity contribution in [1.82, 2.24) is 0 Å². The summed E-state index contributed by atoms with van der Waals surface area (Å²) in [7, 11) is 0. The third-order valence-electron chi connectivity index (χ3n) is 3.26. The highest BCUT2D eigenvalue weighted by molar-refractivity contribution is 5.83. The molecular weight excluding hydrogens is 254 g/mol. The van der Waals surface area contributed by atoms with E-state index in [1.165, 1.54) is 0 Å². The van der Waals surface area contributed by atoms with Crippen molar-refractivity contribution in [3.63, 3.8) is 0 Å². The summed E-state index contributed by atoms with van der Waals surface area (Å²) in [6.45, 7) is 3.33. The van der Waals surface area contributed by atoms with Gasteiger partial charge >= 0.3 is 5.97 Å². The van der Waals surface area contributed by atoms with E-state index in [0.29, 0.717) is 16.9 Å². The van der Waals surface area contributed by atoms with Gasteiger partial charge in [-0.15, -0.1) is 0 Å². The van der Waals surface area contributed by atoms with Crippen LogP contribution in [-0.4, -0.2) is 16.2 Å². The van der Waals surface area contributed by atoms with E-state index in [4.69, 9.17) is 0 Å². The van der Waals surface area contributed by atoms with Crippen LogP contribution in [0.1, 0.15) is 19.4 Å². The summed E-state index contributed by atoms with van der Waals surface area (Å²) in [5.41, 5.74) is 1.11. The lowest BCUT2D eigenvalue weighted by Gasteiger charge is -2.23. The highest BCUT2D eigenvalue weighted by Gasteiger charge is 2.31. The number of nitrogens with one attached hydrogen (secondary N) is 1. The summed E-state index contributed by atoms with van der Waals surface area (Å²) >= 11 is 0. The summed E-state index contributed by atoms with van der Waals surface area (Å²) in [6, 6.07) is 14.0. The van der Waals surface area contributed by atoms with Crippen LogP contribution in [0, 0.1) is 0 Å². The molecule has 0 saturated heterocycles. The van der Waals surface area contributed by atoms with Crippen molar-refractivity contribution in [2.75, 3.05) is 5.32 Å². The third kappa shape index (κ3) is 2.74. The van der Waals surface area contributed by atoms with Gasteiger partial charge in [0.15, 0.2) is 0 Å². The standard InChI is InChI=1S/C16H17NO3/c1-16(2,15(19)20)13-8-3-4-9-14(13)17-11-6-5-7-12(18)10-11/h3-10,17-18H,1-2H3,(H,19,20). The Kier molecular flexibility index (Phi) is 3.66. The van der Waals surface area contributed by atoms with Gasteiger partial charge in [0.2, 0.25) is 0 Å². The molecule has 2 aromatic rings. The van der Waals surface area contributed by atoms with Gasteiger partial charge in [0.05, 0.1) is 5.41 Å². The Bertz CT molecular complexity index is 635. The molecule has 0 aliphatic carbocycles. The Balaban J connectivity index is 2.41. The Hall–Kier alpha value is -2.49. The van der Waals surface area contributed by atoms with Crippen molar-refractivity contribution in [3.05, 3.63) is 54.1 Å². The van der Waals surface area contributed by atoms with Crippen LogP contribution in [-0.2, 0) is 10.2 Å². The van der Waals surface area contributed by atoms with Gasteiger partial charge in [-0.25, -0.2) is 0 Å². The van der Waals surface area contributed by atoms with Crippen LogP contribution in [0.5, 0.6) is 5.75 Å². The van der Waals surface area contributed by atoms with E-state index in [1.807, 2.05) is 24.3 Å². The zero-order chi connectivity index (χ0) is 14.8. The van der Waals surface area contributed by atoms with Crippen LogP contribution in [0.4, 0.5) is 11.4 Å². The number of carboxylic acid groups (broad SMARTS) is 1. The average Bonchev–Trinajstić information content (AvgIpc) is 2.39. The lowest BCUT2D eigenvalue weighted by molar-refractivity contribution is -0.142. The van der Waals surface area contributed by atoms with Crippen LogP contribution < -0.4 is 5.32 Å².